The summed E-state index contributed by atoms with van der Waals surface area (Å²) in [7, 11) is 0. The van der Waals surface area contributed by atoms with Gasteiger partial charge in [-0.3, -0.25) is 19.9 Å². The van der Waals surface area contributed by atoms with Gasteiger partial charge in [0.1, 0.15) is 29.6 Å². The van der Waals surface area contributed by atoms with Crippen LogP contribution in [0.1, 0.15) is 73.0 Å². The van der Waals surface area contributed by atoms with Crippen LogP contribution in [0.4, 0.5) is 14.6 Å². The summed E-state index contributed by atoms with van der Waals surface area (Å²) >= 11 is 7.08. The Morgan fingerprint density at radius 3 is 2.67 bits per heavy atom. The predicted octanol–water partition coefficient (Wildman–Crippen LogP) is 3.84. The molecule has 1 aliphatic heterocycles. The molecule has 3 aromatic rings. The molecule has 3 aromatic heterocycles. The molecule has 248 valence electrons. The van der Waals surface area contributed by atoms with Gasteiger partial charge in [-0.25, -0.2) is 23.3 Å². The lowest BCUT2D eigenvalue weighted by Gasteiger charge is -2.24. The molecule has 0 radical (unpaired) electrons. The summed E-state index contributed by atoms with van der Waals surface area (Å²) in [5, 5.41) is 19.8. The van der Waals surface area contributed by atoms with Crippen molar-refractivity contribution in [3.8, 4) is 0 Å². The van der Waals surface area contributed by atoms with Crippen LogP contribution in [0, 0.1) is 5.92 Å². The van der Waals surface area contributed by atoms with E-state index in [9.17, 15) is 23.5 Å². The number of hydrogen-bond donors (Lipinski definition) is 4. The van der Waals surface area contributed by atoms with E-state index in [2.05, 4.69) is 35.5 Å². The van der Waals surface area contributed by atoms with Crippen molar-refractivity contribution < 1.29 is 28.2 Å². The van der Waals surface area contributed by atoms with Crippen molar-refractivity contribution in [3.63, 3.8) is 0 Å². The number of aliphatic hydroxyl groups is 1. The molecule has 3 atom stereocenters. The zero-order valence-electron chi connectivity index (χ0n) is 26.3. The van der Waals surface area contributed by atoms with Gasteiger partial charge in [0.05, 0.1) is 23.1 Å². The minimum atomic E-state index is -3.19. The first-order chi connectivity index (χ1) is 21.6. The van der Waals surface area contributed by atoms with Crippen LogP contribution in [0.2, 0.25) is 5.02 Å². The number of carbonyl (C=O) groups is 2. The van der Waals surface area contributed by atoms with E-state index in [-0.39, 0.29) is 34.8 Å². The van der Waals surface area contributed by atoms with Gasteiger partial charge in [-0.15, -0.1) is 11.3 Å². The molecule has 0 bridgehead atoms. The highest BCUT2D eigenvalue weighted by atomic mass is 35.5. The van der Waals surface area contributed by atoms with Gasteiger partial charge in [-0.05, 0) is 39.8 Å². The van der Waals surface area contributed by atoms with Crippen molar-refractivity contribution >= 4 is 40.6 Å². The van der Waals surface area contributed by atoms with Gasteiger partial charge < -0.3 is 20.5 Å². The number of thiazole rings is 1. The van der Waals surface area contributed by atoms with Crippen LogP contribution in [0.5, 0.6) is 0 Å². The number of amides is 2. The number of anilines is 1. The summed E-state index contributed by atoms with van der Waals surface area (Å²) in [4.78, 5) is 39.0. The van der Waals surface area contributed by atoms with Crippen LogP contribution in [0.3, 0.4) is 0 Å². The molecule has 4 heterocycles. The summed E-state index contributed by atoms with van der Waals surface area (Å²) in [5.41, 5.74) is -0.654. The van der Waals surface area contributed by atoms with Crippen molar-refractivity contribution in [2.24, 2.45) is 5.92 Å². The SMILES string of the molecule is CC(NC(=O)c1cc(=[N+]2CC[C@H](CNC(O)OC(C)(C)C)C2)cccn1)c1ncc(CC(=O)Nc2cc(C(C)(F)F)c(Cl)cn2)s1. The Bertz CT molecular complexity index is 1630. The summed E-state index contributed by atoms with van der Waals surface area (Å²) in [6.45, 7) is 10.3. The van der Waals surface area contributed by atoms with Gasteiger partial charge in [0.25, 0.3) is 11.8 Å². The average Bonchev–Trinajstić information content (AvgIpc) is 3.55. The minimum absolute atomic E-state index is 0.0372. The van der Waals surface area contributed by atoms with E-state index in [1.165, 1.54) is 17.5 Å². The van der Waals surface area contributed by atoms with Gasteiger partial charge in [-0.1, -0.05) is 11.6 Å². The van der Waals surface area contributed by atoms with Crippen LogP contribution in [-0.4, -0.2) is 63.5 Å². The predicted molar refractivity (Wildman–Crippen MR) is 171 cm³/mol. The van der Waals surface area contributed by atoms with E-state index < -0.39 is 35.5 Å². The number of carbonyl (C=O) groups excluding carboxylic acids is 2. The van der Waals surface area contributed by atoms with Gasteiger partial charge in [0.15, 0.2) is 0 Å². The lowest BCUT2D eigenvalue weighted by atomic mass is 10.1. The molecule has 4 rings (SSSR count). The number of halogens is 3. The van der Waals surface area contributed by atoms with Gasteiger partial charge in [0, 0.05) is 67.0 Å². The molecule has 15 heteroatoms. The number of aliphatic hydroxyl groups excluding tert-OH is 1. The fourth-order valence-electron chi connectivity index (χ4n) is 4.81. The first-order valence-electron chi connectivity index (χ1n) is 14.8. The Balaban J connectivity index is 1.35. The van der Waals surface area contributed by atoms with Crippen molar-refractivity contribution in [2.75, 3.05) is 25.0 Å². The summed E-state index contributed by atoms with van der Waals surface area (Å²) in [6, 6.07) is 6.02. The highest BCUT2D eigenvalue weighted by Gasteiger charge is 2.29. The Labute approximate surface area is 275 Å². The summed E-state index contributed by atoms with van der Waals surface area (Å²) in [5.74, 6) is -3.78. The third-order valence-corrected chi connectivity index (χ3v) is 8.48. The molecular formula is C31H39ClF2N7O4S+. The number of hydrogen-bond acceptors (Lipinski definition) is 9. The maximum Gasteiger partial charge on any atom is 0.272 e. The van der Waals surface area contributed by atoms with E-state index in [1.807, 2.05) is 26.8 Å². The van der Waals surface area contributed by atoms with Gasteiger partial charge in [0.2, 0.25) is 17.7 Å². The smallest absolute Gasteiger partial charge is 0.272 e. The second-order valence-corrected chi connectivity index (χ2v) is 13.8. The summed E-state index contributed by atoms with van der Waals surface area (Å²) < 4.78 is 35.3. The standard InChI is InChI=1S/C31H38ClF2N7O4S/c1-18(28-37-15-21(46-28)12-26(42)40-25-13-22(31(5,33)34)23(32)16-36-25)39-27(43)24-11-20(7-6-9-35-24)41-10-8-19(17-41)14-38-29(44)45-30(2,3)4/h6-7,9,11,13,15-16,18-19,29,38,44H,8,10,12,14,17H2,1-5H3,(H-,36,39,40,42,43)/p+1/t18?,19-,29?/m1/s1. The molecule has 2 amide bonds. The van der Waals surface area contributed by atoms with E-state index in [4.69, 9.17) is 16.3 Å². The van der Waals surface area contributed by atoms with E-state index >= 15 is 0 Å². The fraction of sp³-hybridized carbons (Fsp3) is 0.484. The number of alkyl halides is 2. The normalized spacial score (nSPS) is 17.8. The largest absolute Gasteiger partial charge is 0.356 e. The van der Waals surface area contributed by atoms with Crippen molar-refractivity contribution in [2.45, 2.75) is 71.4 Å². The highest BCUT2D eigenvalue weighted by Crippen LogP contribution is 2.33. The molecule has 0 saturated carbocycles. The highest BCUT2D eigenvalue weighted by molar-refractivity contribution is 7.11. The molecule has 46 heavy (non-hydrogen) atoms. The average molecular weight is 679 g/mol. The first kappa shape index (κ1) is 35.4. The molecule has 4 N–H and O–H groups in total. The maximum absolute atomic E-state index is 13.8. The van der Waals surface area contributed by atoms with E-state index in [0.717, 1.165) is 37.1 Å². The Morgan fingerprint density at radius 1 is 1.20 bits per heavy atom. The number of nitrogens with zero attached hydrogens (tertiary/aromatic N) is 4. The zero-order valence-corrected chi connectivity index (χ0v) is 27.9. The topological polar surface area (TPSA) is 141 Å². The molecule has 0 aliphatic carbocycles. The van der Waals surface area contributed by atoms with Crippen LogP contribution < -0.4 is 25.9 Å². The first-order valence-corrected chi connectivity index (χ1v) is 16.0. The number of aromatic nitrogens is 3. The monoisotopic (exact) mass is 678 g/mol. The van der Waals surface area contributed by atoms with Gasteiger partial charge in [-0.2, -0.15) is 0 Å². The third-order valence-electron chi connectivity index (χ3n) is 7.00. The van der Waals surface area contributed by atoms with E-state index in [1.54, 1.807) is 25.3 Å². The number of nitrogens with one attached hydrogen (secondary N) is 3. The number of ether oxygens (including phenoxy) is 1. The molecule has 11 nitrogen and oxygen atoms in total. The lowest BCUT2D eigenvalue weighted by molar-refractivity contribution is -0.182. The van der Waals surface area contributed by atoms with Gasteiger partial charge >= 0.3 is 0 Å². The third kappa shape index (κ3) is 10.3. The lowest BCUT2D eigenvalue weighted by Crippen LogP contribution is -2.40. The molecule has 0 spiro atoms. The second kappa shape index (κ2) is 15.0. The number of rotatable bonds is 11. The fourth-order valence-corrected chi connectivity index (χ4v) is 6.00. The second-order valence-electron chi connectivity index (χ2n) is 12.2. The molecule has 1 aliphatic rings. The van der Waals surface area contributed by atoms with E-state index in [0.29, 0.717) is 23.4 Å². The van der Waals surface area contributed by atoms with Crippen molar-refractivity contribution in [1.82, 2.24) is 30.2 Å². The quantitative estimate of drug-likeness (QED) is 0.177. The molecule has 2 unspecified atom stereocenters. The molecule has 0 aromatic carbocycles. The molecule has 1 saturated heterocycles. The van der Waals surface area contributed by atoms with Crippen LogP contribution in [-0.2, 0) is 21.9 Å². The minimum Gasteiger partial charge on any atom is -0.356 e. The Kier molecular flexibility index (Phi) is 11.5. The Hall–Kier alpha value is -3.43. The van der Waals surface area contributed by atoms with Crippen LogP contribution in [0.15, 0.2) is 42.9 Å². The maximum atomic E-state index is 13.8. The summed E-state index contributed by atoms with van der Waals surface area (Å²) in [6.07, 6.45) is 3.98. The molecular weight excluding hydrogens is 640 g/mol. The van der Waals surface area contributed by atoms with Crippen molar-refractivity contribution in [1.29, 1.82) is 0 Å². The Morgan fingerprint density at radius 2 is 1.96 bits per heavy atom. The zero-order chi connectivity index (χ0) is 33.6. The molecule has 1 fully saturated rings. The van der Waals surface area contributed by atoms with Crippen LogP contribution >= 0.6 is 22.9 Å². The van der Waals surface area contributed by atoms with Crippen molar-refractivity contribution in [3.05, 3.63) is 74.4 Å². The number of pyridine rings is 1. The van der Waals surface area contributed by atoms with Crippen LogP contribution in [0.25, 0.3) is 0 Å².